The lowest BCUT2D eigenvalue weighted by Crippen LogP contribution is -2.18. The molecule has 0 radical (unpaired) electrons. The molecule has 1 saturated carbocycles. The molecule has 0 spiro atoms. The van der Waals surface area contributed by atoms with E-state index in [2.05, 4.69) is 10.1 Å². The number of aromatic nitrogens is 3. The third-order valence-corrected chi connectivity index (χ3v) is 5.57. The molecule has 1 aliphatic rings. The lowest BCUT2D eigenvalue weighted by molar-refractivity contribution is -0.147. The Bertz CT molecular complexity index is 992. The SMILES string of the molecule is CC[C@H](C(=O)OCc1cc(=O)n2nc(C3CC3)sc2n1)c1ccccc1. The summed E-state index contributed by atoms with van der Waals surface area (Å²) in [6.07, 6.45) is 2.89. The Morgan fingerprint density at radius 2 is 2.12 bits per heavy atom. The van der Waals surface area contributed by atoms with E-state index in [4.69, 9.17) is 4.74 Å². The Kier molecular flexibility index (Phi) is 4.55. The van der Waals surface area contributed by atoms with Crippen LogP contribution >= 0.6 is 11.3 Å². The number of benzene rings is 1. The minimum Gasteiger partial charge on any atom is -0.459 e. The summed E-state index contributed by atoms with van der Waals surface area (Å²) in [4.78, 5) is 29.7. The zero-order valence-electron chi connectivity index (χ0n) is 14.4. The molecule has 26 heavy (non-hydrogen) atoms. The molecule has 6 nitrogen and oxygen atoms in total. The number of carbonyl (C=O) groups is 1. The van der Waals surface area contributed by atoms with E-state index in [1.807, 2.05) is 37.3 Å². The maximum Gasteiger partial charge on any atom is 0.313 e. The number of fused-ring (bicyclic) bond motifs is 1. The van der Waals surface area contributed by atoms with E-state index in [0.717, 1.165) is 23.4 Å². The Morgan fingerprint density at radius 1 is 1.35 bits per heavy atom. The molecule has 0 saturated heterocycles. The van der Waals surface area contributed by atoms with Crippen LogP contribution in [0.1, 0.15) is 54.3 Å². The number of rotatable bonds is 6. The van der Waals surface area contributed by atoms with E-state index in [1.165, 1.54) is 21.9 Å². The van der Waals surface area contributed by atoms with Gasteiger partial charge in [-0.15, -0.1) is 0 Å². The van der Waals surface area contributed by atoms with Crippen molar-refractivity contribution in [3.63, 3.8) is 0 Å². The summed E-state index contributed by atoms with van der Waals surface area (Å²) in [5.74, 6) is -0.145. The zero-order valence-corrected chi connectivity index (χ0v) is 15.2. The largest absolute Gasteiger partial charge is 0.459 e. The summed E-state index contributed by atoms with van der Waals surface area (Å²) in [7, 11) is 0. The molecular weight excluding hydrogens is 350 g/mol. The van der Waals surface area contributed by atoms with Gasteiger partial charge < -0.3 is 4.74 Å². The predicted molar refractivity (Wildman–Crippen MR) is 98.4 cm³/mol. The zero-order chi connectivity index (χ0) is 18.1. The van der Waals surface area contributed by atoms with Gasteiger partial charge in [-0.25, -0.2) is 4.98 Å². The smallest absolute Gasteiger partial charge is 0.313 e. The lowest BCUT2D eigenvalue weighted by atomic mass is 9.97. The summed E-state index contributed by atoms with van der Waals surface area (Å²) in [6.45, 7) is 1.94. The summed E-state index contributed by atoms with van der Waals surface area (Å²) < 4.78 is 6.78. The molecule has 2 aromatic heterocycles. The van der Waals surface area contributed by atoms with Gasteiger partial charge in [-0.05, 0) is 24.8 Å². The van der Waals surface area contributed by atoms with Crippen LogP contribution in [0.2, 0.25) is 0 Å². The van der Waals surface area contributed by atoms with Crippen LogP contribution < -0.4 is 5.56 Å². The molecule has 134 valence electrons. The van der Waals surface area contributed by atoms with Crippen molar-refractivity contribution in [2.45, 2.75) is 44.6 Å². The van der Waals surface area contributed by atoms with Crippen molar-refractivity contribution in [3.8, 4) is 0 Å². The van der Waals surface area contributed by atoms with Crippen molar-refractivity contribution in [2.24, 2.45) is 0 Å². The molecule has 1 aromatic carbocycles. The monoisotopic (exact) mass is 369 g/mol. The maximum atomic E-state index is 12.5. The number of hydrogen-bond donors (Lipinski definition) is 0. The average Bonchev–Trinajstić information content (AvgIpc) is 3.41. The molecule has 0 N–H and O–H groups in total. The normalized spacial score (nSPS) is 15.1. The fourth-order valence-corrected chi connectivity index (χ4v) is 4.00. The van der Waals surface area contributed by atoms with Gasteiger partial charge in [0.15, 0.2) is 0 Å². The van der Waals surface area contributed by atoms with Crippen LogP contribution in [0.4, 0.5) is 0 Å². The van der Waals surface area contributed by atoms with Crippen LogP contribution in [0, 0.1) is 0 Å². The van der Waals surface area contributed by atoms with E-state index in [9.17, 15) is 9.59 Å². The molecule has 2 heterocycles. The predicted octanol–water partition coefficient (Wildman–Crippen LogP) is 3.27. The third-order valence-electron chi connectivity index (χ3n) is 4.50. The average molecular weight is 369 g/mol. The highest BCUT2D eigenvalue weighted by Gasteiger charge is 2.28. The highest BCUT2D eigenvalue weighted by Crippen LogP contribution is 2.41. The Balaban J connectivity index is 1.50. The van der Waals surface area contributed by atoms with Gasteiger partial charge in [0, 0.05) is 12.0 Å². The minimum absolute atomic E-state index is 0.00936. The fraction of sp³-hybridized carbons (Fsp3) is 0.368. The van der Waals surface area contributed by atoms with Gasteiger partial charge in [0.1, 0.15) is 11.6 Å². The fourth-order valence-electron chi connectivity index (χ4n) is 2.91. The molecule has 1 atom stereocenters. The quantitative estimate of drug-likeness (QED) is 0.624. The minimum atomic E-state index is -0.314. The maximum absolute atomic E-state index is 12.5. The highest BCUT2D eigenvalue weighted by atomic mass is 32.1. The van der Waals surface area contributed by atoms with Crippen LogP contribution in [0.25, 0.3) is 4.96 Å². The van der Waals surface area contributed by atoms with Crippen molar-refractivity contribution in [1.82, 2.24) is 14.6 Å². The molecule has 0 amide bonds. The Morgan fingerprint density at radius 3 is 2.81 bits per heavy atom. The van der Waals surface area contributed by atoms with Gasteiger partial charge in [-0.1, -0.05) is 48.6 Å². The van der Waals surface area contributed by atoms with Gasteiger partial charge in [0.2, 0.25) is 4.96 Å². The molecule has 7 heteroatoms. The van der Waals surface area contributed by atoms with Gasteiger partial charge in [-0.3, -0.25) is 9.59 Å². The molecule has 1 fully saturated rings. The van der Waals surface area contributed by atoms with E-state index in [-0.39, 0.29) is 24.1 Å². The van der Waals surface area contributed by atoms with Crippen LogP contribution in [-0.4, -0.2) is 20.6 Å². The summed E-state index contributed by atoms with van der Waals surface area (Å²) in [6, 6.07) is 11.0. The molecule has 4 rings (SSSR count). The topological polar surface area (TPSA) is 73.6 Å². The van der Waals surface area contributed by atoms with Gasteiger partial charge in [-0.2, -0.15) is 9.61 Å². The summed E-state index contributed by atoms with van der Waals surface area (Å²) in [5.41, 5.74) is 1.15. The standard InChI is InChI=1S/C19H19N3O3S/c1-2-15(12-6-4-3-5-7-12)18(24)25-11-14-10-16(23)22-19(20-14)26-17(21-22)13-8-9-13/h3-7,10,13,15H,2,8-9,11H2,1H3/t15-/m0/s1. The number of nitrogens with zero attached hydrogens (tertiary/aromatic N) is 3. The van der Waals surface area contributed by atoms with Crippen molar-refractivity contribution >= 4 is 22.3 Å². The van der Waals surface area contributed by atoms with Gasteiger partial charge in [0.25, 0.3) is 5.56 Å². The molecule has 0 bridgehead atoms. The van der Waals surface area contributed by atoms with Gasteiger partial charge in [0.05, 0.1) is 11.6 Å². The second kappa shape index (κ2) is 6.99. The van der Waals surface area contributed by atoms with Crippen LogP contribution in [0.15, 0.2) is 41.2 Å². The molecular formula is C19H19N3O3S. The van der Waals surface area contributed by atoms with E-state index < -0.39 is 0 Å². The summed E-state index contributed by atoms with van der Waals surface area (Å²) in [5, 5.41) is 5.30. The first-order valence-corrected chi connectivity index (χ1v) is 9.58. The van der Waals surface area contributed by atoms with Crippen molar-refractivity contribution in [3.05, 3.63) is 63.0 Å². The second-order valence-corrected chi connectivity index (χ2v) is 7.46. The summed E-state index contributed by atoms with van der Waals surface area (Å²) >= 11 is 1.44. The number of esters is 1. The van der Waals surface area contributed by atoms with Crippen molar-refractivity contribution in [2.75, 3.05) is 0 Å². The van der Waals surface area contributed by atoms with E-state index in [1.54, 1.807) is 0 Å². The number of carbonyl (C=O) groups excluding carboxylic acids is 1. The van der Waals surface area contributed by atoms with Crippen LogP contribution in [-0.2, 0) is 16.1 Å². The number of ether oxygens (including phenoxy) is 1. The van der Waals surface area contributed by atoms with E-state index in [0.29, 0.717) is 23.0 Å². The first kappa shape index (κ1) is 16.9. The first-order chi connectivity index (χ1) is 12.7. The Labute approximate surface area is 154 Å². The van der Waals surface area contributed by atoms with Crippen LogP contribution in [0.3, 0.4) is 0 Å². The van der Waals surface area contributed by atoms with E-state index >= 15 is 0 Å². The molecule has 0 unspecified atom stereocenters. The lowest BCUT2D eigenvalue weighted by Gasteiger charge is -2.14. The molecule has 3 aromatic rings. The highest BCUT2D eigenvalue weighted by molar-refractivity contribution is 7.16. The van der Waals surface area contributed by atoms with Gasteiger partial charge >= 0.3 is 5.97 Å². The number of hydrogen-bond acceptors (Lipinski definition) is 6. The third kappa shape index (κ3) is 3.39. The molecule has 1 aliphatic carbocycles. The van der Waals surface area contributed by atoms with Crippen LogP contribution in [0.5, 0.6) is 0 Å². The Hall–Kier alpha value is -2.54. The second-order valence-electron chi connectivity index (χ2n) is 6.47. The molecule has 0 aliphatic heterocycles. The first-order valence-electron chi connectivity index (χ1n) is 8.77. The van der Waals surface area contributed by atoms with Crippen molar-refractivity contribution < 1.29 is 9.53 Å². The van der Waals surface area contributed by atoms with Crippen molar-refractivity contribution in [1.29, 1.82) is 0 Å².